The number of nitrogens with zero attached hydrogens (tertiary/aromatic N) is 2. The van der Waals surface area contributed by atoms with Crippen molar-refractivity contribution in [1.82, 2.24) is 9.38 Å². The molecule has 0 fully saturated rings. The largest absolute Gasteiger partial charge is 0.465 e. The predicted octanol–water partition coefficient (Wildman–Crippen LogP) is 3.02. The van der Waals surface area contributed by atoms with Crippen molar-refractivity contribution in [3.05, 3.63) is 71.3 Å². The molecule has 0 aliphatic rings. The highest BCUT2D eigenvalue weighted by Gasteiger charge is 2.10. The number of imidazole rings is 1. The van der Waals surface area contributed by atoms with Gasteiger partial charge in [-0.1, -0.05) is 24.3 Å². The first-order chi connectivity index (χ1) is 10.2. The number of hydrogen-bond donors (Lipinski definition) is 0. The normalized spacial score (nSPS) is 10.8. The molecule has 0 radical (unpaired) electrons. The summed E-state index contributed by atoms with van der Waals surface area (Å²) in [6.07, 6.45) is 4.40. The van der Waals surface area contributed by atoms with Crippen LogP contribution in [0.25, 0.3) is 5.52 Å². The van der Waals surface area contributed by atoms with Gasteiger partial charge in [0.15, 0.2) is 0 Å². The number of rotatable bonds is 3. The molecule has 0 aliphatic carbocycles. The van der Waals surface area contributed by atoms with Gasteiger partial charge in [-0.15, -0.1) is 0 Å². The lowest BCUT2D eigenvalue weighted by Crippen LogP contribution is -2.03. The summed E-state index contributed by atoms with van der Waals surface area (Å²) < 4.78 is 6.73. The molecule has 3 aromatic rings. The third kappa shape index (κ3) is 2.52. The van der Waals surface area contributed by atoms with Crippen molar-refractivity contribution in [2.24, 2.45) is 0 Å². The average molecular weight is 280 g/mol. The van der Waals surface area contributed by atoms with Gasteiger partial charge in [0.25, 0.3) is 0 Å². The topological polar surface area (TPSA) is 43.6 Å². The van der Waals surface area contributed by atoms with Crippen LogP contribution in [0.2, 0.25) is 0 Å². The van der Waals surface area contributed by atoms with E-state index in [2.05, 4.69) is 24.0 Å². The molecule has 0 atom stereocenters. The van der Waals surface area contributed by atoms with E-state index in [9.17, 15) is 4.79 Å². The highest BCUT2D eigenvalue weighted by molar-refractivity contribution is 5.90. The van der Waals surface area contributed by atoms with Crippen molar-refractivity contribution in [2.75, 3.05) is 7.11 Å². The Bertz CT molecular complexity index is 805. The molecular formula is C17H16N2O2. The third-order valence-corrected chi connectivity index (χ3v) is 3.64. The minimum atomic E-state index is -0.334. The van der Waals surface area contributed by atoms with Crippen LogP contribution in [0.5, 0.6) is 0 Å². The van der Waals surface area contributed by atoms with E-state index < -0.39 is 0 Å². The van der Waals surface area contributed by atoms with Gasteiger partial charge in [0.2, 0.25) is 0 Å². The number of carbonyl (C=O) groups excluding carboxylic acids is 1. The second-order valence-corrected chi connectivity index (χ2v) is 4.98. The van der Waals surface area contributed by atoms with Crippen LogP contribution in [0.15, 0.2) is 48.8 Å². The number of aryl methyl sites for hydroxylation is 1. The second-order valence-electron chi connectivity index (χ2n) is 4.98. The minimum absolute atomic E-state index is 0.334. The molecule has 0 spiro atoms. The standard InChI is InChI=1S/C17H16N2O2/c1-12-5-3-4-6-13(12)10-16-18-11-15-9-14(17(20)21-2)7-8-19(15)16/h3-9,11H,10H2,1-2H3. The van der Waals surface area contributed by atoms with Gasteiger partial charge < -0.3 is 9.14 Å². The molecule has 0 aliphatic heterocycles. The Morgan fingerprint density at radius 3 is 2.86 bits per heavy atom. The monoisotopic (exact) mass is 280 g/mol. The Labute approximate surface area is 123 Å². The van der Waals surface area contributed by atoms with Crippen molar-refractivity contribution in [1.29, 1.82) is 0 Å². The van der Waals surface area contributed by atoms with Crippen LogP contribution in [0.1, 0.15) is 27.3 Å². The summed E-state index contributed by atoms with van der Waals surface area (Å²) in [5, 5.41) is 0. The van der Waals surface area contributed by atoms with E-state index in [0.717, 1.165) is 17.8 Å². The van der Waals surface area contributed by atoms with Crippen LogP contribution in [-0.4, -0.2) is 22.5 Å². The first-order valence-corrected chi connectivity index (χ1v) is 6.78. The van der Waals surface area contributed by atoms with Crippen molar-refractivity contribution in [2.45, 2.75) is 13.3 Å². The molecule has 2 heterocycles. The molecule has 21 heavy (non-hydrogen) atoms. The van der Waals surface area contributed by atoms with Gasteiger partial charge >= 0.3 is 5.97 Å². The van der Waals surface area contributed by atoms with E-state index in [1.54, 1.807) is 18.3 Å². The van der Waals surface area contributed by atoms with E-state index in [1.807, 2.05) is 22.7 Å². The predicted molar refractivity (Wildman–Crippen MR) is 80.5 cm³/mol. The fraction of sp³-hybridized carbons (Fsp3) is 0.176. The zero-order chi connectivity index (χ0) is 14.8. The number of aromatic nitrogens is 2. The Balaban J connectivity index is 1.98. The summed E-state index contributed by atoms with van der Waals surface area (Å²) in [5.41, 5.74) is 3.93. The van der Waals surface area contributed by atoms with Gasteiger partial charge in [0.1, 0.15) is 5.82 Å². The molecule has 4 heteroatoms. The lowest BCUT2D eigenvalue weighted by molar-refractivity contribution is 0.0600. The smallest absolute Gasteiger partial charge is 0.337 e. The SMILES string of the molecule is COC(=O)c1ccn2c(Cc3ccccc3C)ncc2c1. The number of benzene rings is 1. The minimum Gasteiger partial charge on any atom is -0.465 e. The van der Waals surface area contributed by atoms with Gasteiger partial charge in [-0.25, -0.2) is 9.78 Å². The van der Waals surface area contributed by atoms with E-state index in [0.29, 0.717) is 5.56 Å². The van der Waals surface area contributed by atoms with Gasteiger partial charge in [-0.05, 0) is 30.2 Å². The van der Waals surface area contributed by atoms with Crippen LogP contribution in [0.4, 0.5) is 0 Å². The molecule has 2 aromatic heterocycles. The zero-order valence-electron chi connectivity index (χ0n) is 12.0. The molecule has 4 nitrogen and oxygen atoms in total. The molecule has 0 N–H and O–H groups in total. The molecular weight excluding hydrogens is 264 g/mol. The van der Waals surface area contributed by atoms with E-state index >= 15 is 0 Å². The number of ether oxygens (including phenoxy) is 1. The van der Waals surface area contributed by atoms with Gasteiger partial charge in [-0.2, -0.15) is 0 Å². The fourth-order valence-electron chi connectivity index (χ4n) is 2.41. The summed E-state index contributed by atoms with van der Waals surface area (Å²) in [5.74, 6) is 0.620. The first-order valence-electron chi connectivity index (χ1n) is 6.78. The Morgan fingerprint density at radius 2 is 2.10 bits per heavy atom. The van der Waals surface area contributed by atoms with Crippen molar-refractivity contribution < 1.29 is 9.53 Å². The van der Waals surface area contributed by atoms with Crippen LogP contribution in [-0.2, 0) is 11.2 Å². The molecule has 0 saturated heterocycles. The first kappa shape index (κ1) is 13.4. The van der Waals surface area contributed by atoms with Crippen molar-refractivity contribution >= 4 is 11.5 Å². The molecule has 0 bridgehead atoms. The third-order valence-electron chi connectivity index (χ3n) is 3.64. The quantitative estimate of drug-likeness (QED) is 0.693. The molecule has 3 rings (SSSR count). The van der Waals surface area contributed by atoms with Crippen LogP contribution in [0, 0.1) is 6.92 Å². The van der Waals surface area contributed by atoms with E-state index in [4.69, 9.17) is 4.74 Å². The highest BCUT2D eigenvalue weighted by atomic mass is 16.5. The maximum atomic E-state index is 11.5. The molecule has 106 valence electrons. The lowest BCUT2D eigenvalue weighted by Gasteiger charge is -2.06. The summed E-state index contributed by atoms with van der Waals surface area (Å²) in [4.78, 5) is 16.0. The Morgan fingerprint density at radius 1 is 1.29 bits per heavy atom. The maximum Gasteiger partial charge on any atom is 0.337 e. The summed E-state index contributed by atoms with van der Waals surface area (Å²) >= 11 is 0. The Hall–Kier alpha value is -2.62. The number of methoxy groups -OCH3 is 1. The number of hydrogen-bond acceptors (Lipinski definition) is 3. The molecule has 0 amide bonds. The number of carbonyl (C=O) groups is 1. The van der Waals surface area contributed by atoms with E-state index in [1.165, 1.54) is 18.2 Å². The second kappa shape index (κ2) is 5.40. The van der Waals surface area contributed by atoms with Crippen molar-refractivity contribution in [3.63, 3.8) is 0 Å². The molecule has 0 unspecified atom stereocenters. The van der Waals surface area contributed by atoms with Crippen molar-refractivity contribution in [3.8, 4) is 0 Å². The van der Waals surface area contributed by atoms with Crippen LogP contribution < -0.4 is 0 Å². The van der Waals surface area contributed by atoms with Gasteiger partial charge in [0, 0.05) is 12.6 Å². The Kier molecular flexibility index (Phi) is 3.44. The number of fused-ring (bicyclic) bond motifs is 1. The molecule has 0 saturated carbocycles. The van der Waals surface area contributed by atoms with Gasteiger partial charge in [0.05, 0.1) is 24.4 Å². The summed E-state index contributed by atoms with van der Waals surface area (Å²) in [7, 11) is 1.38. The molecule has 1 aromatic carbocycles. The summed E-state index contributed by atoms with van der Waals surface area (Å²) in [6.45, 7) is 2.10. The number of pyridine rings is 1. The van der Waals surface area contributed by atoms with Crippen LogP contribution >= 0.6 is 0 Å². The van der Waals surface area contributed by atoms with Crippen LogP contribution in [0.3, 0.4) is 0 Å². The maximum absolute atomic E-state index is 11.5. The highest BCUT2D eigenvalue weighted by Crippen LogP contribution is 2.16. The zero-order valence-corrected chi connectivity index (χ0v) is 12.0. The number of esters is 1. The lowest BCUT2D eigenvalue weighted by atomic mass is 10.1. The van der Waals surface area contributed by atoms with E-state index in [-0.39, 0.29) is 5.97 Å². The average Bonchev–Trinajstić information content (AvgIpc) is 2.91. The fourth-order valence-corrected chi connectivity index (χ4v) is 2.41. The van der Waals surface area contributed by atoms with Gasteiger partial charge in [-0.3, -0.25) is 0 Å². The summed E-state index contributed by atoms with van der Waals surface area (Å²) in [6, 6.07) is 11.8.